The van der Waals surface area contributed by atoms with Gasteiger partial charge in [-0.15, -0.1) is 0 Å². The maximum Gasteiger partial charge on any atom is 0.0224 e. The maximum atomic E-state index is 5.72. The summed E-state index contributed by atoms with van der Waals surface area (Å²) >= 11 is 5.72. The molecule has 0 bridgehead atoms. The first-order valence-corrected chi connectivity index (χ1v) is 6.42. The molecule has 1 heterocycles. The van der Waals surface area contributed by atoms with Crippen LogP contribution in [0, 0.1) is 0 Å². The first-order valence-electron chi connectivity index (χ1n) is 5.98. The van der Waals surface area contributed by atoms with E-state index < -0.39 is 0 Å². The van der Waals surface area contributed by atoms with Gasteiger partial charge in [-0.05, 0) is 38.4 Å². The second-order valence-electron chi connectivity index (χ2n) is 4.38. The van der Waals surface area contributed by atoms with E-state index in [1.54, 1.807) is 5.54 Å². The van der Waals surface area contributed by atoms with E-state index in [4.69, 9.17) is 11.6 Å². The highest BCUT2D eigenvalue weighted by Gasteiger charge is 2.21. The molecule has 0 aromatic carbocycles. The van der Waals surface area contributed by atoms with Crippen molar-refractivity contribution in [2.45, 2.75) is 39.2 Å². The van der Waals surface area contributed by atoms with Crippen LogP contribution in [0.5, 0.6) is 0 Å². The molecule has 2 nitrogen and oxygen atoms in total. The molecule has 1 aliphatic rings. The molecule has 1 aliphatic heterocycles. The molecule has 0 saturated carbocycles. The van der Waals surface area contributed by atoms with Crippen molar-refractivity contribution in [3.8, 4) is 0 Å². The number of rotatable bonds is 5. The van der Waals surface area contributed by atoms with Gasteiger partial charge >= 0.3 is 0 Å². The molecule has 88 valence electrons. The van der Waals surface area contributed by atoms with Crippen molar-refractivity contribution in [1.29, 1.82) is 0 Å². The lowest BCUT2D eigenvalue weighted by atomic mass is 10.0. The molecule has 0 aromatic rings. The Labute approximate surface area is 98.7 Å². The van der Waals surface area contributed by atoms with Gasteiger partial charge in [0, 0.05) is 24.7 Å². The Kier molecular flexibility index (Phi) is 6.30. The zero-order chi connectivity index (χ0) is 11.1. The maximum absolute atomic E-state index is 5.72. The third-order valence-corrected chi connectivity index (χ3v) is 3.39. The van der Waals surface area contributed by atoms with Crippen molar-refractivity contribution in [3.63, 3.8) is 0 Å². The number of piperidine rings is 1. The van der Waals surface area contributed by atoms with Gasteiger partial charge in [0.15, 0.2) is 0 Å². The average molecular weight is 231 g/mol. The van der Waals surface area contributed by atoms with E-state index in [0.29, 0.717) is 6.04 Å². The zero-order valence-electron chi connectivity index (χ0n) is 9.93. The fraction of sp³-hybridized carbons (Fsp3) is 0.833. The van der Waals surface area contributed by atoms with Crippen molar-refractivity contribution in [1.82, 2.24) is 10.2 Å². The lowest BCUT2D eigenvalue weighted by molar-refractivity contribution is 0.159. The lowest BCUT2D eigenvalue weighted by Crippen LogP contribution is -2.46. The highest BCUT2D eigenvalue weighted by molar-refractivity contribution is 6.25. The SMILES string of the molecule is CCNCC1CCCCN1CC(C)=CCl. The Hall–Kier alpha value is -0.0500. The molecule has 0 radical (unpaired) electrons. The summed E-state index contributed by atoms with van der Waals surface area (Å²) in [6.45, 7) is 8.70. The fourth-order valence-corrected chi connectivity index (χ4v) is 2.23. The normalized spacial score (nSPS) is 24.5. The third kappa shape index (κ3) is 4.54. The second kappa shape index (κ2) is 7.26. The first-order chi connectivity index (χ1) is 7.27. The minimum absolute atomic E-state index is 0.699. The number of nitrogens with zero attached hydrogens (tertiary/aromatic N) is 1. The summed E-state index contributed by atoms with van der Waals surface area (Å²) in [6.07, 6.45) is 4.02. The van der Waals surface area contributed by atoms with Gasteiger partial charge in [-0.3, -0.25) is 4.90 Å². The molecule has 0 aliphatic carbocycles. The standard InChI is InChI=1S/C12H23ClN2/c1-3-14-9-12-6-4-5-7-15(12)10-11(2)8-13/h8,12,14H,3-7,9-10H2,1-2H3. The van der Waals surface area contributed by atoms with Crippen LogP contribution < -0.4 is 5.32 Å². The quantitative estimate of drug-likeness (QED) is 0.781. The van der Waals surface area contributed by atoms with Crippen LogP contribution >= 0.6 is 11.6 Å². The van der Waals surface area contributed by atoms with E-state index in [1.807, 2.05) is 0 Å². The minimum atomic E-state index is 0.699. The van der Waals surface area contributed by atoms with Gasteiger partial charge in [0.2, 0.25) is 0 Å². The Balaban J connectivity index is 2.42. The summed E-state index contributed by atoms with van der Waals surface area (Å²) in [7, 11) is 0. The van der Waals surface area contributed by atoms with Crippen molar-refractivity contribution in [2.24, 2.45) is 0 Å². The molecular weight excluding hydrogens is 208 g/mol. The van der Waals surface area contributed by atoms with Crippen molar-refractivity contribution >= 4 is 11.6 Å². The largest absolute Gasteiger partial charge is 0.315 e. The number of hydrogen-bond acceptors (Lipinski definition) is 2. The van der Waals surface area contributed by atoms with Crippen LogP contribution in [0.15, 0.2) is 11.1 Å². The fourth-order valence-electron chi connectivity index (χ4n) is 2.17. The Morgan fingerprint density at radius 2 is 2.33 bits per heavy atom. The summed E-state index contributed by atoms with van der Waals surface area (Å²) < 4.78 is 0. The van der Waals surface area contributed by atoms with Gasteiger partial charge in [0.25, 0.3) is 0 Å². The predicted molar refractivity (Wildman–Crippen MR) is 67.4 cm³/mol. The highest BCUT2D eigenvalue weighted by atomic mass is 35.5. The molecule has 15 heavy (non-hydrogen) atoms. The monoisotopic (exact) mass is 230 g/mol. The first kappa shape index (κ1) is 13.0. The van der Waals surface area contributed by atoms with Crippen LogP contribution in [-0.2, 0) is 0 Å². The van der Waals surface area contributed by atoms with Gasteiger partial charge < -0.3 is 5.32 Å². The van der Waals surface area contributed by atoms with Gasteiger partial charge in [-0.1, -0.05) is 24.9 Å². The van der Waals surface area contributed by atoms with E-state index >= 15 is 0 Å². The highest BCUT2D eigenvalue weighted by Crippen LogP contribution is 2.17. The molecule has 1 N–H and O–H groups in total. The van der Waals surface area contributed by atoms with Gasteiger partial charge in [-0.2, -0.15) is 0 Å². The van der Waals surface area contributed by atoms with Crippen LogP contribution in [0.4, 0.5) is 0 Å². The Morgan fingerprint density at radius 1 is 1.53 bits per heavy atom. The molecule has 0 spiro atoms. The summed E-state index contributed by atoms with van der Waals surface area (Å²) in [6, 6.07) is 0.699. The van der Waals surface area contributed by atoms with Crippen molar-refractivity contribution < 1.29 is 0 Å². The van der Waals surface area contributed by atoms with E-state index in [-0.39, 0.29) is 0 Å². The molecule has 1 saturated heterocycles. The van der Waals surface area contributed by atoms with Gasteiger partial charge in [-0.25, -0.2) is 0 Å². The number of nitrogens with one attached hydrogen (secondary N) is 1. The Bertz CT molecular complexity index is 204. The van der Waals surface area contributed by atoms with Crippen LogP contribution in [0.1, 0.15) is 33.1 Å². The van der Waals surface area contributed by atoms with Crippen LogP contribution in [-0.4, -0.2) is 37.1 Å². The predicted octanol–water partition coefficient (Wildman–Crippen LogP) is 2.59. The summed E-state index contributed by atoms with van der Waals surface area (Å²) in [4.78, 5) is 2.56. The van der Waals surface area contributed by atoms with Gasteiger partial charge in [0.05, 0.1) is 0 Å². The van der Waals surface area contributed by atoms with E-state index in [9.17, 15) is 0 Å². The molecule has 3 heteroatoms. The molecule has 1 atom stereocenters. The van der Waals surface area contributed by atoms with E-state index in [0.717, 1.165) is 19.6 Å². The summed E-state index contributed by atoms with van der Waals surface area (Å²) in [5, 5.41) is 3.45. The molecule has 0 amide bonds. The molecule has 1 unspecified atom stereocenters. The van der Waals surface area contributed by atoms with E-state index in [2.05, 4.69) is 24.1 Å². The molecular formula is C12H23ClN2. The topological polar surface area (TPSA) is 15.3 Å². The smallest absolute Gasteiger partial charge is 0.0224 e. The molecule has 1 fully saturated rings. The summed E-state index contributed by atoms with van der Waals surface area (Å²) in [5.41, 5.74) is 2.97. The van der Waals surface area contributed by atoms with Crippen LogP contribution in [0.2, 0.25) is 0 Å². The zero-order valence-corrected chi connectivity index (χ0v) is 10.7. The van der Waals surface area contributed by atoms with E-state index in [1.165, 1.54) is 31.4 Å². The second-order valence-corrected chi connectivity index (χ2v) is 4.60. The minimum Gasteiger partial charge on any atom is -0.315 e. The summed E-state index contributed by atoms with van der Waals surface area (Å²) in [5.74, 6) is 0. The number of likely N-dealkylation sites (N-methyl/N-ethyl adjacent to an activating group) is 1. The lowest BCUT2D eigenvalue weighted by Gasteiger charge is -2.36. The number of likely N-dealkylation sites (tertiary alicyclic amines) is 1. The average Bonchev–Trinajstić information content (AvgIpc) is 2.28. The van der Waals surface area contributed by atoms with Gasteiger partial charge in [0.1, 0.15) is 0 Å². The molecule has 0 aromatic heterocycles. The van der Waals surface area contributed by atoms with Crippen molar-refractivity contribution in [2.75, 3.05) is 26.2 Å². The van der Waals surface area contributed by atoms with Crippen LogP contribution in [0.25, 0.3) is 0 Å². The third-order valence-electron chi connectivity index (χ3n) is 3.02. The number of halogens is 1. The number of hydrogen-bond donors (Lipinski definition) is 1. The van der Waals surface area contributed by atoms with Crippen molar-refractivity contribution in [3.05, 3.63) is 11.1 Å². The Morgan fingerprint density at radius 3 is 3.00 bits per heavy atom. The van der Waals surface area contributed by atoms with Crippen LogP contribution in [0.3, 0.4) is 0 Å². The molecule has 1 rings (SSSR count).